The fraction of sp³-hybridized carbons (Fsp3) is 0.0909. The van der Waals surface area contributed by atoms with Gasteiger partial charge in [-0.2, -0.15) is 0 Å². The lowest BCUT2D eigenvalue weighted by Crippen LogP contribution is -2.18. The van der Waals surface area contributed by atoms with Gasteiger partial charge in [0.2, 0.25) is 5.91 Å². The van der Waals surface area contributed by atoms with Gasteiger partial charge in [-0.15, -0.1) is 0 Å². The van der Waals surface area contributed by atoms with Crippen LogP contribution in [0.5, 0.6) is 0 Å². The molecule has 0 aliphatic carbocycles. The molecule has 19 heavy (non-hydrogen) atoms. The first-order valence-electron chi connectivity index (χ1n) is 5.26. The summed E-state index contributed by atoms with van der Waals surface area (Å²) in [7, 11) is 0. The van der Waals surface area contributed by atoms with Crippen LogP contribution in [-0.4, -0.2) is 20.4 Å². The van der Waals surface area contributed by atoms with Crippen molar-refractivity contribution in [3.05, 3.63) is 51.9 Å². The second-order valence-electron chi connectivity index (χ2n) is 3.71. The molecular formula is C11H9ClN4O3. The molecule has 2 heterocycles. The molecule has 0 saturated heterocycles. The van der Waals surface area contributed by atoms with Crippen molar-refractivity contribution in [2.24, 2.45) is 0 Å². The fourth-order valence-corrected chi connectivity index (χ4v) is 1.54. The highest BCUT2D eigenvalue weighted by Crippen LogP contribution is 2.12. The third-order valence-electron chi connectivity index (χ3n) is 2.27. The van der Waals surface area contributed by atoms with E-state index in [4.69, 9.17) is 11.6 Å². The highest BCUT2D eigenvalue weighted by Gasteiger charge is 2.10. The number of nitrogens with one attached hydrogen (secondary N) is 1. The van der Waals surface area contributed by atoms with Gasteiger partial charge in [-0.05, 0) is 12.1 Å². The summed E-state index contributed by atoms with van der Waals surface area (Å²) >= 11 is 5.67. The largest absolute Gasteiger partial charge is 0.339 e. The number of nitrogens with zero attached hydrogens (tertiary/aromatic N) is 3. The zero-order chi connectivity index (χ0) is 13.8. The summed E-state index contributed by atoms with van der Waals surface area (Å²) in [6, 6.07) is 4.50. The van der Waals surface area contributed by atoms with Crippen molar-refractivity contribution < 1.29 is 9.72 Å². The number of pyridine rings is 1. The minimum absolute atomic E-state index is 0.0296. The van der Waals surface area contributed by atoms with Gasteiger partial charge in [-0.1, -0.05) is 11.6 Å². The Bertz CT molecular complexity index is 609. The van der Waals surface area contributed by atoms with Crippen LogP contribution in [0.25, 0.3) is 0 Å². The number of aromatic nitrogens is 2. The molecule has 0 aliphatic heterocycles. The molecule has 2 aromatic rings. The van der Waals surface area contributed by atoms with E-state index < -0.39 is 4.92 Å². The van der Waals surface area contributed by atoms with Gasteiger partial charge in [-0.3, -0.25) is 14.9 Å². The first-order valence-corrected chi connectivity index (χ1v) is 5.64. The zero-order valence-corrected chi connectivity index (χ0v) is 10.4. The quantitative estimate of drug-likeness (QED) is 0.686. The lowest BCUT2D eigenvalue weighted by Gasteiger charge is -2.04. The number of carbonyl (C=O) groups is 1. The van der Waals surface area contributed by atoms with Gasteiger partial charge >= 0.3 is 0 Å². The Hall–Kier alpha value is -2.41. The van der Waals surface area contributed by atoms with E-state index in [0.717, 1.165) is 0 Å². The molecule has 0 atom stereocenters. The Labute approximate surface area is 113 Å². The predicted molar refractivity (Wildman–Crippen MR) is 69.0 cm³/mol. The number of hydrogen-bond acceptors (Lipinski definition) is 4. The highest BCUT2D eigenvalue weighted by molar-refractivity contribution is 6.30. The standard InChI is InChI=1S/C11H9ClN4O3/c12-8-1-2-10(13-5-8)14-11(17)7-15-4-3-9(6-15)16(18)19/h1-6H,7H2,(H,13,14,17). The van der Waals surface area contributed by atoms with Gasteiger partial charge < -0.3 is 9.88 Å². The molecule has 2 rings (SSSR count). The zero-order valence-electron chi connectivity index (χ0n) is 9.62. The van der Waals surface area contributed by atoms with Gasteiger partial charge in [0.15, 0.2) is 0 Å². The smallest absolute Gasteiger partial charge is 0.286 e. The topological polar surface area (TPSA) is 90.1 Å². The Morgan fingerprint density at radius 1 is 1.47 bits per heavy atom. The van der Waals surface area contributed by atoms with E-state index in [2.05, 4.69) is 10.3 Å². The second-order valence-corrected chi connectivity index (χ2v) is 4.15. The molecular weight excluding hydrogens is 272 g/mol. The molecule has 0 aliphatic rings. The number of carbonyl (C=O) groups excluding carboxylic acids is 1. The Balaban J connectivity index is 1.97. The number of hydrogen-bond donors (Lipinski definition) is 1. The summed E-state index contributed by atoms with van der Waals surface area (Å²) in [4.78, 5) is 25.6. The molecule has 7 nitrogen and oxygen atoms in total. The van der Waals surface area contributed by atoms with Crippen LogP contribution < -0.4 is 5.32 Å². The van der Waals surface area contributed by atoms with E-state index >= 15 is 0 Å². The summed E-state index contributed by atoms with van der Waals surface area (Å²) in [5.41, 5.74) is -0.0579. The molecule has 8 heteroatoms. The van der Waals surface area contributed by atoms with Crippen LogP contribution in [0.15, 0.2) is 36.8 Å². The monoisotopic (exact) mass is 280 g/mol. The molecule has 1 N–H and O–H groups in total. The van der Waals surface area contributed by atoms with Crippen molar-refractivity contribution in [3.8, 4) is 0 Å². The van der Waals surface area contributed by atoms with E-state index in [1.807, 2.05) is 0 Å². The number of anilines is 1. The van der Waals surface area contributed by atoms with E-state index in [1.54, 1.807) is 12.1 Å². The summed E-state index contributed by atoms with van der Waals surface area (Å²) in [6.45, 7) is -0.0296. The van der Waals surface area contributed by atoms with Gasteiger partial charge in [0, 0.05) is 18.5 Å². The van der Waals surface area contributed by atoms with Crippen LogP contribution >= 0.6 is 11.6 Å². The lowest BCUT2D eigenvalue weighted by atomic mass is 10.4. The fourth-order valence-electron chi connectivity index (χ4n) is 1.43. The van der Waals surface area contributed by atoms with Crippen molar-refractivity contribution in [1.82, 2.24) is 9.55 Å². The molecule has 0 fully saturated rings. The van der Waals surface area contributed by atoms with Gasteiger partial charge in [-0.25, -0.2) is 4.98 Å². The van der Waals surface area contributed by atoms with E-state index in [9.17, 15) is 14.9 Å². The Morgan fingerprint density at radius 3 is 2.84 bits per heavy atom. The van der Waals surface area contributed by atoms with Crippen molar-refractivity contribution in [2.75, 3.05) is 5.32 Å². The van der Waals surface area contributed by atoms with Gasteiger partial charge in [0.05, 0.1) is 16.1 Å². The van der Waals surface area contributed by atoms with Crippen LogP contribution in [0.3, 0.4) is 0 Å². The first kappa shape index (κ1) is 13.0. The van der Waals surface area contributed by atoms with Gasteiger partial charge in [0.25, 0.3) is 5.69 Å². The SMILES string of the molecule is O=C(Cn1ccc([N+](=O)[O-])c1)Nc1ccc(Cl)cn1. The maximum absolute atomic E-state index is 11.7. The number of nitro groups is 1. The molecule has 0 spiro atoms. The van der Waals surface area contributed by atoms with Crippen molar-refractivity contribution in [3.63, 3.8) is 0 Å². The molecule has 0 bridgehead atoms. The average molecular weight is 281 g/mol. The van der Waals surface area contributed by atoms with E-state index in [0.29, 0.717) is 10.8 Å². The van der Waals surface area contributed by atoms with Crippen LogP contribution in [0.1, 0.15) is 0 Å². The molecule has 0 saturated carbocycles. The normalized spacial score (nSPS) is 10.2. The number of halogens is 1. The second kappa shape index (κ2) is 5.49. The lowest BCUT2D eigenvalue weighted by molar-refractivity contribution is -0.384. The summed E-state index contributed by atoms with van der Waals surface area (Å²) in [5.74, 6) is 0.0383. The van der Waals surface area contributed by atoms with Crippen LogP contribution in [0, 0.1) is 10.1 Å². The third-order valence-corrected chi connectivity index (χ3v) is 2.49. The molecule has 0 aromatic carbocycles. The summed E-state index contributed by atoms with van der Waals surface area (Å²) < 4.78 is 1.42. The Kier molecular flexibility index (Phi) is 3.76. The Morgan fingerprint density at radius 2 is 2.26 bits per heavy atom. The summed E-state index contributed by atoms with van der Waals surface area (Å²) in [5, 5.41) is 13.5. The van der Waals surface area contributed by atoms with Crippen LogP contribution in [-0.2, 0) is 11.3 Å². The minimum atomic E-state index is -0.519. The molecule has 1 amide bonds. The maximum atomic E-state index is 11.7. The maximum Gasteiger partial charge on any atom is 0.286 e. The number of rotatable bonds is 4. The first-order chi connectivity index (χ1) is 9.04. The average Bonchev–Trinajstić information content (AvgIpc) is 2.80. The molecule has 98 valence electrons. The van der Waals surface area contributed by atoms with E-state index in [1.165, 1.54) is 29.2 Å². The predicted octanol–water partition coefficient (Wildman–Crippen LogP) is 2.08. The van der Waals surface area contributed by atoms with Crippen molar-refractivity contribution in [1.29, 1.82) is 0 Å². The van der Waals surface area contributed by atoms with Crippen LogP contribution in [0.4, 0.5) is 11.5 Å². The van der Waals surface area contributed by atoms with Gasteiger partial charge in [0.1, 0.15) is 12.4 Å². The third kappa shape index (κ3) is 3.52. The van der Waals surface area contributed by atoms with Crippen LogP contribution in [0.2, 0.25) is 5.02 Å². The van der Waals surface area contributed by atoms with E-state index in [-0.39, 0.29) is 18.1 Å². The molecule has 0 unspecified atom stereocenters. The molecule has 2 aromatic heterocycles. The highest BCUT2D eigenvalue weighted by atomic mass is 35.5. The molecule has 0 radical (unpaired) electrons. The van der Waals surface area contributed by atoms with Crippen molar-refractivity contribution in [2.45, 2.75) is 6.54 Å². The summed E-state index contributed by atoms with van der Waals surface area (Å²) in [6.07, 6.45) is 4.17. The minimum Gasteiger partial charge on any atom is -0.339 e. The van der Waals surface area contributed by atoms with Crippen molar-refractivity contribution >= 4 is 29.0 Å². The number of amides is 1.